The minimum Gasteiger partial charge on any atom is -0.394 e. The van der Waals surface area contributed by atoms with E-state index < -0.39 is 80.5 Å². The number of aliphatic hydroxyl groups is 9. The quantitative estimate of drug-likeness (QED) is 0.0475. The van der Waals surface area contributed by atoms with Crippen molar-refractivity contribution in [2.45, 2.75) is 171 Å². The molecule has 0 aromatic carbocycles. The Labute approximate surface area is 255 Å². The van der Waals surface area contributed by atoms with Gasteiger partial charge in [-0.1, -0.05) is 96.8 Å². The van der Waals surface area contributed by atoms with Crippen molar-refractivity contribution in [2.75, 3.05) is 13.2 Å². The molecule has 1 aliphatic heterocycles. The van der Waals surface area contributed by atoms with E-state index in [9.17, 15) is 45.6 Å². The Morgan fingerprint density at radius 2 is 1.16 bits per heavy atom. The van der Waals surface area contributed by atoms with Crippen LogP contribution in [-0.2, 0) is 14.3 Å². The number of ether oxygens (including phenoxy) is 2. The number of amides is 1. The summed E-state index contributed by atoms with van der Waals surface area (Å²) in [5.41, 5.74) is 0. The molecule has 0 aromatic heterocycles. The molecule has 0 spiro atoms. The monoisotopic (exact) mass is 625 g/mol. The van der Waals surface area contributed by atoms with E-state index in [0.717, 1.165) is 19.3 Å². The average molecular weight is 626 g/mol. The first-order valence-corrected chi connectivity index (χ1v) is 16.2. The summed E-state index contributed by atoms with van der Waals surface area (Å²) in [5.74, 6) is -0.508. The van der Waals surface area contributed by atoms with Crippen molar-refractivity contribution in [3.05, 3.63) is 0 Å². The Morgan fingerprint density at radius 3 is 1.63 bits per heavy atom. The average Bonchev–Trinajstić information content (AvgIpc) is 3.00. The molecule has 0 bridgehead atoms. The highest BCUT2D eigenvalue weighted by Crippen LogP contribution is 2.26. The Balaban J connectivity index is 2.37. The van der Waals surface area contributed by atoms with Gasteiger partial charge in [0.25, 0.3) is 0 Å². The van der Waals surface area contributed by atoms with Crippen LogP contribution in [0.15, 0.2) is 0 Å². The van der Waals surface area contributed by atoms with Crippen LogP contribution in [-0.4, -0.2) is 126 Å². The Bertz CT molecular complexity index is 704. The first-order valence-electron chi connectivity index (χ1n) is 16.2. The van der Waals surface area contributed by atoms with Gasteiger partial charge in [0.05, 0.1) is 13.2 Å². The van der Waals surface area contributed by atoms with Crippen LogP contribution in [0.3, 0.4) is 0 Å². The van der Waals surface area contributed by atoms with Crippen molar-refractivity contribution in [2.24, 2.45) is 0 Å². The van der Waals surface area contributed by atoms with E-state index in [2.05, 4.69) is 12.2 Å². The van der Waals surface area contributed by atoms with Gasteiger partial charge in [-0.2, -0.15) is 0 Å². The summed E-state index contributed by atoms with van der Waals surface area (Å²) >= 11 is 0. The second-order valence-corrected chi connectivity index (χ2v) is 11.7. The fraction of sp³-hybridized carbons (Fsp3) is 0.967. The van der Waals surface area contributed by atoms with Gasteiger partial charge in [0.2, 0.25) is 5.91 Å². The van der Waals surface area contributed by atoms with Crippen molar-refractivity contribution < 1.29 is 60.2 Å². The first-order chi connectivity index (χ1) is 20.6. The molecule has 1 fully saturated rings. The molecule has 0 saturated carbocycles. The van der Waals surface area contributed by atoms with Crippen LogP contribution >= 0.6 is 0 Å². The standard InChI is InChI=1S/C30H59NO12/c1-2-3-4-5-6-7-8-9-10-11-12-13-14-15-16-17-22(36)31-29(41)28-25(39)24(38)26(40)30(43-28)42-27(21(35)19-33)23(37)20(34)18-32/h20-21,23-30,32-35,37-41H,2-19H2,1H3,(H,31,36)/t20-,21+,23+,24-,25+,26+,27+,28-,29?,30+/m0/s1. The molecule has 1 rings (SSSR count). The smallest absolute Gasteiger partial charge is 0.222 e. The molecular weight excluding hydrogens is 566 g/mol. The zero-order valence-corrected chi connectivity index (χ0v) is 25.8. The van der Waals surface area contributed by atoms with Crippen LogP contribution in [0.4, 0.5) is 0 Å². The number of hydrogen-bond donors (Lipinski definition) is 10. The molecule has 10 atom stereocenters. The third-order valence-electron chi connectivity index (χ3n) is 8.01. The van der Waals surface area contributed by atoms with E-state index in [4.69, 9.17) is 14.6 Å². The lowest BCUT2D eigenvalue weighted by atomic mass is 9.97. The molecule has 1 saturated heterocycles. The highest BCUT2D eigenvalue weighted by molar-refractivity contribution is 5.76. The molecule has 1 amide bonds. The van der Waals surface area contributed by atoms with Gasteiger partial charge in [-0.25, -0.2) is 0 Å². The lowest BCUT2D eigenvalue weighted by molar-refractivity contribution is -0.335. The van der Waals surface area contributed by atoms with Crippen molar-refractivity contribution in [1.82, 2.24) is 5.32 Å². The van der Waals surface area contributed by atoms with E-state index in [1.54, 1.807) is 0 Å². The largest absolute Gasteiger partial charge is 0.394 e. The minimum absolute atomic E-state index is 0.124. The lowest BCUT2D eigenvalue weighted by Crippen LogP contribution is -2.65. The Morgan fingerprint density at radius 1 is 0.698 bits per heavy atom. The number of aliphatic hydroxyl groups excluding tert-OH is 9. The third-order valence-corrected chi connectivity index (χ3v) is 8.01. The zero-order chi connectivity index (χ0) is 32.2. The van der Waals surface area contributed by atoms with E-state index >= 15 is 0 Å². The van der Waals surface area contributed by atoms with Gasteiger partial charge < -0.3 is 60.7 Å². The molecular formula is C30H59NO12. The highest BCUT2D eigenvalue weighted by Gasteiger charge is 2.49. The number of rotatable bonds is 25. The van der Waals surface area contributed by atoms with Crippen LogP contribution in [0.5, 0.6) is 0 Å². The van der Waals surface area contributed by atoms with E-state index in [-0.39, 0.29) is 6.42 Å². The summed E-state index contributed by atoms with van der Waals surface area (Å²) in [6.07, 6.45) is -0.417. The molecule has 1 aliphatic rings. The summed E-state index contributed by atoms with van der Waals surface area (Å²) in [6.45, 7) is 0.381. The number of nitrogens with one attached hydrogen (secondary N) is 1. The van der Waals surface area contributed by atoms with Crippen LogP contribution in [0.2, 0.25) is 0 Å². The van der Waals surface area contributed by atoms with E-state index in [0.29, 0.717) is 6.42 Å². The summed E-state index contributed by atoms with van der Waals surface area (Å²) in [6, 6.07) is 0. The van der Waals surface area contributed by atoms with Gasteiger partial charge in [-0.15, -0.1) is 0 Å². The fourth-order valence-electron chi connectivity index (χ4n) is 5.21. The SMILES string of the molecule is CCCCCCCCCCCCCCCCCC(=O)NC(O)[C@H]1O[C@@H](O[C@@H]([C@H](O)[C@@H](O)CO)[C@H](O)CO)[C@H](O)[C@@H](O)[C@H]1O. The van der Waals surface area contributed by atoms with Gasteiger partial charge in [0.15, 0.2) is 12.5 Å². The second-order valence-electron chi connectivity index (χ2n) is 11.7. The van der Waals surface area contributed by atoms with Gasteiger partial charge in [-0.05, 0) is 6.42 Å². The van der Waals surface area contributed by atoms with Gasteiger partial charge in [-0.3, -0.25) is 4.79 Å². The van der Waals surface area contributed by atoms with Crippen molar-refractivity contribution >= 4 is 5.91 Å². The summed E-state index contributed by atoms with van der Waals surface area (Å²) in [5, 5.41) is 92.0. The highest BCUT2D eigenvalue weighted by atomic mass is 16.7. The van der Waals surface area contributed by atoms with E-state index in [1.807, 2.05) is 0 Å². The maximum Gasteiger partial charge on any atom is 0.222 e. The van der Waals surface area contributed by atoms with Crippen molar-refractivity contribution in [1.29, 1.82) is 0 Å². The predicted octanol–water partition coefficient (Wildman–Crippen LogP) is -0.0574. The first kappa shape index (κ1) is 40.1. The van der Waals surface area contributed by atoms with Crippen molar-refractivity contribution in [3.63, 3.8) is 0 Å². The predicted molar refractivity (Wildman–Crippen MR) is 157 cm³/mol. The molecule has 0 aliphatic carbocycles. The summed E-state index contributed by atoms with van der Waals surface area (Å²) in [7, 11) is 0. The number of hydrogen-bond acceptors (Lipinski definition) is 12. The molecule has 10 N–H and O–H groups in total. The maximum atomic E-state index is 12.4. The number of carbonyl (C=O) groups is 1. The number of carbonyl (C=O) groups excluding carboxylic acids is 1. The van der Waals surface area contributed by atoms with Gasteiger partial charge >= 0.3 is 0 Å². The van der Waals surface area contributed by atoms with Crippen molar-refractivity contribution in [3.8, 4) is 0 Å². The minimum atomic E-state index is -1.94. The van der Waals surface area contributed by atoms with Gasteiger partial charge in [0, 0.05) is 6.42 Å². The molecule has 0 aromatic rings. The molecule has 256 valence electrons. The normalized spacial score (nSPS) is 26.0. The number of unbranched alkanes of at least 4 members (excludes halogenated alkanes) is 14. The molecule has 13 nitrogen and oxygen atoms in total. The fourth-order valence-corrected chi connectivity index (χ4v) is 5.21. The molecule has 13 heteroatoms. The lowest BCUT2D eigenvalue weighted by Gasteiger charge is -2.43. The molecule has 1 heterocycles. The molecule has 1 unspecified atom stereocenters. The van der Waals surface area contributed by atoms with E-state index in [1.165, 1.54) is 70.6 Å². The van der Waals surface area contributed by atoms with Crippen LogP contribution in [0, 0.1) is 0 Å². The second kappa shape index (κ2) is 23.4. The Hall–Kier alpha value is -0.970. The van der Waals surface area contributed by atoms with Gasteiger partial charge in [0.1, 0.15) is 48.8 Å². The maximum absolute atomic E-state index is 12.4. The van der Waals surface area contributed by atoms with Crippen LogP contribution in [0.25, 0.3) is 0 Å². The molecule has 0 radical (unpaired) electrons. The zero-order valence-electron chi connectivity index (χ0n) is 25.8. The Kier molecular flexibility index (Phi) is 21.8. The van der Waals surface area contributed by atoms with Crippen LogP contribution < -0.4 is 5.32 Å². The van der Waals surface area contributed by atoms with Crippen LogP contribution in [0.1, 0.15) is 110 Å². The third kappa shape index (κ3) is 15.2. The summed E-state index contributed by atoms with van der Waals surface area (Å²) in [4.78, 5) is 12.4. The summed E-state index contributed by atoms with van der Waals surface area (Å²) < 4.78 is 10.7. The molecule has 43 heavy (non-hydrogen) atoms. The topological polar surface area (TPSA) is 230 Å².